The molecule has 0 fully saturated rings. The smallest absolute Gasteiger partial charge is 0.338 e. The fourth-order valence-corrected chi connectivity index (χ4v) is 3.02. The van der Waals surface area contributed by atoms with Crippen LogP contribution in [0, 0.1) is 6.92 Å². The van der Waals surface area contributed by atoms with Crippen LogP contribution in [0.25, 0.3) is 0 Å². The maximum absolute atomic E-state index is 12.2. The Morgan fingerprint density at radius 1 is 1.12 bits per heavy atom. The fourth-order valence-electron chi connectivity index (χ4n) is 2.07. The Balaban J connectivity index is 2.10. The van der Waals surface area contributed by atoms with Gasteiger partial charge in [-0.05, 0) is 43.0 Å². The number of ether oxygens (including phenoxy) is 1. The van der Waals surface area contributed by atoms with E-state index in [2.05, 4.69) is 0 Å². The average molecular weight is 379 g/mol. The lowest BCUT2D eigenvalue weighted by Crippen LogP contribution is -2.17. The van der Waals surface area contributed by atoms with Gasteiger partial charge in [0.2, 0.25) is 10.0 Å². The maximum atomic E-state index is 12.2. The van der Waals surface area contributed by atoms with Crippen molar-refractivity contribution in [3.63, 3.8) is 0 Å². The van der Waals surface area contributed by atoms with Gasteiger partial charge in [-0.15, -0.1) is 11.8 Å². The first-order valence-corrected chi connectivity index (χ1v) is 9.97. The van der Waals surface area contributed by atoms with Crippen LogP contribution in [0.15, 0.2) is 52.3 Å². The molecule has 0 radical (unpaired) electrons. The van der Waals surface area contributed by atoms with Gasteiger partial charge in [-0.25, -0.2) is 18.4 Å². The number of hydrogen-bond donors (Lipinski definition) is 1. The molecule has 0 spiro atoms. The lowest BCUT2D eigenvalue weighted by Gasteiger charge is -2.08. The molecule has 0 aromatic heterocycles. The van der Waals surface area contributed by atoms with Crippen molar-refractivity contribution in [2.24, 2.45) is 5.14 Å². The number of carbonyl (C=O) groups is 2. The molecule has 25 heavy (non-hydrogen) atoms. The lowest BCUT2D eigenvalue weighted by atomic mass is 10.1. The highest BCUT2D eigenvalue weighted by Gasteiger charge is 2.17. The molecule has 0 unspecified atom stereocenters. The van der Waals surface area contributed by atoms with Crippen molar-refractivity contribution in [1.82, 2.24) is 0 Å². The zero-order valence-electron chi connectivity index (χ0n) is 13.7. The molecule has 0 amide bonds. The van der Waals surface area contributed by atoms with Crippen LogP contribution in [-0.2, 0) is 14.8 Å². The summed E-state index contributed by atoms with van der Waals surface area (Å²) in [5, 5.41) is 5.06. The Bertz CT molecular complexity index is 905. The Morgan fingerprint density at radius 2 is 1.76 bits per heavy atom. The Morgan fingerprint density at radius 3 is 2.32 bits per heavy atom. The van der Waals surface area contributed by atoms with Crippen LogP contribution < -0.4 is 5.14 Å². The maximum Gasteiger partial charge on any atom is 0.338 e. The summed E-state index contributed by atoms with van der Waals surface area (Å²) in [6, 6.07) is 10.8. The van der Waals surface area contributed by atoms with Crippen LogP contribution in [-0.4, -0.2) is 33.0 Å². The normalized spacial score (nSPS) is 11.2. The van der Waals surface area contributed by atoms with E-state index < -0.39 is 22.6 Å². The first-order valence-electron chi connectivity index (χ1n) is 7.20. The summed E-state index contributed by atoms with van der Waals surface area (Å²) in [6.45, 7) is 1.20. The highest BCUT2D eigenvalue weighted by molar-refractivity contribution is 7.98. The molecule has 132 valence electrons. The largest absolute Gasteiger partial charge is 0.454 e. The van der Waals surface area contributed by atoms with Crippen molar-refractivity contribution in [1.29, 1.82) is 0 Å². The number of aryl methyl sites for hydroxylation is 1. The molecule has 2 aromatic rings. The zero-order chi connectivity index (χ0) is 18.6. The lowest BCUT2D eigenvalue weighted by molar-refractivity contribution is 0.0473. The number of rotatable bonds is 6. The van der Waals surface area contributed by atoms with E-state index >= 15 is 0 Å². The number of primary sulfonamides is 1. The number of sulfonamides is 1. The van der Waals surface area contributed by atoms with Gasteiger partial charge in [0.25, 0.3) is 0 Å². The number of thioether (sulfide) groups is 1. The van der Waals surface area contributed by atoms with Crippen LogP contribution >= 0.6 is 11.8 Å². The SMILES string of the molecule is CSc1ccc(C(=O)COC(=O)c2cc(S(N)(=O)=O)ccc2C)cc1. The van der Waals surface area contributed by atoms with Gasteiger partial charge >= 0.3 is 5.97 Å². The van der Waals surface area contributed by atoms with E-state index in [0.29, 0.717) is 11.1 Å². The van der Waals surface area contributed by atoms with Gasteiger partial charge in [-0.1, -0.05) is 18.2 Å². The number of benzene rings is 2. The van der Waals surface area contributed by atoms with Crippen molar-refractivity contribution in [2.75, 3.05) is 12.9 Å². The second kappa shape index (κ2) is 7.81. The number of carbonyl (C=O) groups excluding carboxylic acids is 2. The van der Waals surface area contributed by atoms with Crippen molar-refractivity contribution in [3.05, 3.63) is 59.2 Å². The molecule has 0 atom stereocenters. The number of nitrogens with two attached hydrogens (primary N) is 1. The molecular formula is C17H17NO5S2. The molecule has 0 saturated carbocycles. The van der Waals surface area contributed by atoms with Gasteiger partial charge < -0.3 is 4.74 Å². The molecule has 2 rings (SSSR count). The predicted octanol–water partition coefficient (Wildman–Crippen LogP) is 2.40. The van der Waals surface area contributed by atoms with E-state index in [1.54, 1.807) is 43.0 Å². The summed E-state index contributed by atoms with van der Waals surface area (Å²) in [5.74, 6) is -1.13. The average Bonchev–Trinajstić information content (AvgIpc) is 2.58. The summed E-state index contributed by atoms with van der Waals surface area (Å²) < 4.78 is 27.8. The molecule has 0 aliphatic heterocycles. The second-order valence-electron chi connectivity index (χ2n) is 5.25. The number of ketones is 1. The summed E-state index contributed by atoms with van der Waals surface area (Å²) in [5.41, 5.74) is 1.01. The highest BCUT2D eigenvalue weighted by atomic mass is 32.2. The van der Waals surface area contributed by atoms with Crippen LogP contribution in [0.4, 0.5) is 0 Å². The molecular weight excluding hydrogens is 362 g/mol. The Kier molecular flexibility index (Phi) is 5.99. The topological polar surface area (TPSA) is 104 Å². The van der Waals surface area contributed by atoms with E-state index in [1.165, 1.54) is 12.1 Å². The van der Waals surface area contributed by atoms with Crippen molar-refractivity contribution < 1.29 is 22.7 Å². The number of esters is 1. The summed E-state index contributed by atoms with van der Waals surface area (Å²) in [6.07, 6.45) is 1.93. The molecule has 0 heterocycles. The van der Waals surface area contributed by atoms with E-state index in [1.807, 2.05) is 6.26 Å². The molecule has 2 N–H and O–H groups in total. The molecule has 0 aliphatic rings. The second-order valence-corrected chi connectivity index (χ2v) is 7.69. The Hall–Kier alpha value is -2.16. The first-order chi connectivity index (χ1) is 11.7. The van der Waals surface area contributed by atoms with E-state index in [9.17, 15) is 18.0 Å². The minimum Gasteiger partial charge on any atom is -0.454 e. The highest BCUT2D eigenvalue weighted by Crippen LogP contribution is 2.17. The third kappa shape index (κ3) is 4.91. The monoisotopic (exact) mass is 379 g/mol. The molecule has 0 bridgehead atoms. The Labute approximate surface area is 150 Å². The van der Waals surface area contributed by atoms with Crippen LogP contribution in [0.2, 0.25) is 0 Å². The van der Waals surface area contributed by atoms with Crippen molar-refractivity contribution in [3.8, 4) is 0 Å². The minimum absolute atomic E-state index is 0.0528. The van der Waals surface area contributed by atoms with Crippen LogP contribution in [0.1, 0.15) is 26.3 Å². The van der Waals surface area contributed by atoms with Crippen LogP contribution in [0.3, 0.4) is 0 Å². The summed E-state index contributed by atoms with van der Waals surface area (Å²) >= 11 is 1.55. The van der Waals surface area contributed by atoms with Gasteiger partial charge in [0.05, 0.1) is 10.5 Å². The number of Topliss-reactive ketones (excluding diaryl/α,β-unsaturated/α-hetero) is 1. The van der Waals surface area contributed by atoms with Gasteiger partial charge in [0.15, 0.2) is 12.4 Å². The fraction of sp³-hybridized carbons (Fsp3) is 0.176. The number of hydrogen-bond acceptors (Lipinski definition) is 6. The van der Waals surface area contributed by atoms with Gasteiger partial charge in [-0.2, -0.15) is 0 Å². The molecule has 6 nitrogen and oxygen atoms in total. The third-order valence-electron chi connectivity index (χ3n) is 3.50. The third-order valence-corrected chi connectivity index (χ3v) is 5.16. The minimum atomic E-state index is -3.93. The zero-order valence-corrected chi connectivity index (χ0v) is 15.3. The summed E-state index contributed by atoms with van der Waals surface area (Å²) in [4.78, 5) is 25.1. The predicted molar refractivity (Wildman–Crippen MR) is 95.4 cm³/mol. The van der Waals surface area contributed by atoms with Gasteiger partial charge in [0, 0.05) is 10.5 Å². The van der Waals surface area contributed by atoms with E-state index in [4.69, 9.17) is 9.88 Å². The van der Waals surface area contributed by atoms with Crippen molar-refractivity contribution >= 4 is 33.5 Å². The van der Waals surface area contributed by atoms with Gasteiger partial charge in [-0.3, -0.25) is 4.79 Å². The molecule has 8 heteroatoms. The standard InChI is InChI=1S/C17H17NO5S2/c1-11-3-8-14(25(18,21)22)9-15(11)17(20)23-10-16(19)12-4-6-13(24-2)7-5-12/h3-9H,10H2,1-2H3,(H2,18,21,22). The van der Waals surface area contributed by atoms with Crippen LogP contribution in [0.5, 0.6) is 0 Å². The van der Waals surface area contributed by atoms with E-state index in [0.717, 1.165) is 11.0 Å². The molecule has 0 aliphatic carbocycles. The first kappa shape index (κ1) is 19.2. The van der Waals surface area contributed by atoms with Gasteiger partial charge in [0.1, 0.15) is 0 Å². The van der Waals surface area contributed by atoms with E-state index in [-0.39, 0.29) is 16.2 Å². The van der Waals surface area contributed by atoms with Crippen molar-refractivity contribution in [2.45, 2.75) is 16.7 Å². The quantitative estimate of drug-likeness (QED) is 0.470. The molecule has 0 saturated heterocycles. The summed E-state index contributed by atoms with van der Waals surface area (Å²) in [7, 11) is -3.93. The molecule has 2 aromatic carbocycles.